The van der Waals surface area contributed by atoms with Gasteiger partial charge in [0.2, 0.25) is 0 Å². The van der Waals surface area contributed by atoms with Crippen LogP contribution >= 0.6 is 11.8 Å². The predicted octanol–water partition coefficient (Wildman–Crippen LogP) is 5.94. The summed E-state index contributed by atoms with van der Waals surface area (Å²) >= 11 is 2.02. The van der Waals surface area contributed by atoms with Crippen molar-refractivity contribution in [2.75, 3.05) is 29.5 Å². The van der Waals surface area contributed by atoms with Gasteiger partial charge in [0.1, 0.15) is 0 Å². The van der Waals surface area contributed by atoms with Crippen LogP contribution in [-0.2, 0) is 0 Å². The maximum atomic E-state index is 11.8. The van der Waals surface area contributed by atoms with Crippen LogP contribution in [0.2, 0.25) is 0 Å². The van der Waals surface area contributed by atoms with Crippen LogP contribution in [-0.4, -0.2) is 35.4 Å². The van der Waals surface area contributed by atoms with E-state index in [0.29, 0.717) is 0 Å². The second-order valence-corrected chi connectivity index (χ2v) is 8.55. The summed E-state index contributed by atoms with van der Waals surface area (Å²) in [7, 11) is 0. The summed E-state index contributed by atoms with van der Waals surface area (Å²) in [4.78, 5) is 14.2. The molecule has 2 aromatic rings. The molecule has 3 nitrogen and oxygen atoms in total. The van der Waals surface area contributed by atoms with E-state index in [0.717, 1.165) is 48.4 Å². The lowest BCUT2D eigenvalue weighted by Gasteiger charge is -2.29. The van der Waals surface area contributed by atoms with E-state index in [4.69, 9.17) is 0 Å². The Kier molecular flexibility index (Phi) is 7.59. The number of aldehydes is 1. The number of aromatic nitrogens is 1. The van der Waals surface area contributed by atoms with Gasteiger partial charge < -0.3 is 9.47 Å². The van der Waals surface area contributed by atoms with Gasteiger partial charge in [-0.05, 0) is 37.6 Å². The van der Waals surface area contributed by atoms with Crippen LogP contribution in [0.4, 0.5) is 5.69 Å². The molecule has 1 aromatic heterocycles. The van der Waals surface area contributed by atoms with Crippen LogP contribution in [0.5, 0.6) is 0 Å². The van der Waals surface area contributed by atoms with Crippen LogP contribution < -0.4 is 4.90 Å². The molecule has 1 unspecified atom stereocenters. The fourth-order valence-electron chi connectivity index (χ4n) is 3.81. The van der Waals surface area contributed by atoms with Gasteiger partial charge >= 0.3 is 0 Å². The monoisotopic (exact) mass is 406 g/mol. The van der Waals surface area contributed by atoms with Crippen molar-refractivity contribution >= 4 is 23.7 Å². The number of allylic oxidation sites excluding steroid dienone is 5. The van der Waals surface area contributed by atoms with Gasteiger partial charge in [-0.15, -0.1) is 6.58 Å². The van der Waals surface area contributed by atoms with Crippen LogP contribution in [0.15, 0.2) is 67.3 Å². The molecule has 152 valence electrons. The minimum absolute atomic E-state index is 0.118. The third-order valence-corrected chi connectivity index (χ3v) is 6.17. The highest BCUT2D eigenvalue weighted by Gasteiger charge is 2.19. The number of benzene rings is 1. The van der Waals surface area contributed by atoms with E-state index in [1.54, 1.807) is 0 Å². The first kappa shape index (κ1) is 21.3. The van der Waals surface area contributed by atoms with E-state index in [2.05, 4.69) is 72.4 Å². The molecule has 1 aromatic carbocycles. The SMILES string of the molecule is C=CC/C=C\C=C/C(C)c1c(C=O)cc(C)n1-c1cccc(N2CCSCC2)c1. The first-order valence-corrected chi connectivity index (χ1v) is 11.4. The molecule has 29 heavy (non-hydrogen) atoms. The van der Waals surface area contributed by atoms with E-state index in [9.17, 15) is 4.79 Å². The Labute approximate surface area is 178 Å². The van der Waals surface area contributed by atoms with Gasteiger partial charge in [0.25, 0.3) is 0 Å². The molecule has 1 aliphatic rings. The summed E-state index contributed by atoms with van der Waals surface area (Å²) in [5.74, 6) is 2.47. The predicted molar refractivity (Wildman–Crippen MR) is 127 cm³/mol. The van der Waals surface area contributed by atoms with Crippen LogP contribution in [0.3, 0.4) is 0 Å². The molecule has 1 atom stereocenters. The Morgan fingerprint density at radius 2 is 1.93 bits per heavy atom. The molecule has 0 spiro atoms. The van der Waals surface area contributed by atoms with Crippen molar-refractivity contribution in [3.8, 4) is 5.69 Å². The summed E-state index contributed by atoms with van der Waals surface area (Å²) in [5.41, 5.74) is 5.25. The van der Waals surface area contributed by atoms with E-state index < -0.39 is 0 Å². The lowest BCUT2D eigenvalue weighted by atomic mass is 10.0. The highest BCUT2D eigenvalue weighted by atomic mass is 32.2. The van der Waals surface area contributed by atoms with E-state index in [1.165, 1.54) is 17.2 Å². The topological polar surface area (TPSA) is 25.2 Å². The third kappa shape index (κ3) is 5.13. The molecule has 0 bridgehead atoms. The molecule has 2 heterocycles. The normalized spacial score (nSPS) is 15.9. The lowest BCUT2D eigenvalue weighted by Crippen LogP contribution is -2.32. The van der Waals surface area contributed by atoms with Crippen molar-refractivity contribution < 1.29 is 4.79 Å². The number of hydrogen-bond donors (Lipinski definition) is 0. The summed E-state index contributed by atoms with van der Waals surface area (Å²) in [5, 5.41) is 0. The van der Waals surface area contributed by atoms with Crippen molar-refractivity contribution in [1.29, 1.82) is 0 Å². The molecule has 1 aliphatic heterocycles. The zero-order chi connectivity index (χ0) is 20.6. The van der Waals surface area contributed by atoms with Gasteiger partial charge in [0.05, 0.1) is 0 Å². The quantitative estimate of drug-likeness (QED) is 0.308. The minimum Gasteiger partial charge on any atom is -0.370 e. The van der Waals surface area contributed by atoms with Gasteiger partial charge in [-0.25, -0.2) is 0 Å². The zero-order valence-corrected chi connectivity index (χ0v) is 18.2. The number of hydrogen-bond acceptors (Lipinski definition) is 3. The first-order valence-electron chi connectivity index (χ1n) is 10.2. The summed E-state index contributed by atoms with van der Waals surface area (Å²) in [6.07, 6.45) is 12.0. The van der Waals surface area contributed by atoms with E-state index >= 15 is 0 Å². The standard InChI is InChI=1S/C25H30N2OS/c1-4-5-6-7-8-10-20(2)25-22(19-28)17-21(3)27(25)24-12-9-11-23(18-24)26-13-15-29-16-14-26/h4,6-12,17-20H,1,5,13-16H2,2-3H3/b7-6-,10-8-. The second-order valence-electron chi connectivity index (χ2n) is 7.32. The highest BCUT2D eigenvalue weighted by Crippen LogP contribution is 2.30. The van der Waals surface area contributed by atoms with Crippen molar-refractivity contribution in [3.05, 3.63) is 84.2 Å². The molecule has 0 aliphatic carbocycles. The van der Waals surface area contributed by atoms with Gasteiger partial charge in [-0.3, -0.25) is 4.79 Å². The summed E-state index contributed by atoms with van der Waals surface area (Å²) < 4.78 is 2.23. The van der Waals surface area contributed by atoms with Crippen molar-refractivity contribution in [2.45, 2.75) is 26.2 Å². The number of thioether (sulfide) groups is 1. The number of anilines is 1. The zero-order valence-electron chi connectivity index (χ0n) is 17.4. The number of carbonyl (C=O) groups is 1. The van der Waals surface area contributed by atoms with E-state index in [-0.39, 0.29) is 5.92 Å². The fourth-order valence-corrected chi connectivity index (χ4v) is 4.72. The molecule has 0 radical (unpaired) electrons. The van der Waals surface area contributed by atoms with Gasteiger partial charge in [-0.1, -0.05) is 43.4 Å². The number of nitrogens with zero attached hydrogens (tertiary/aromatic N) is 2. The Bertz CT molecular complexity index is 904. The molecule has 3 rings (SSSR count). The van der Waals surface area contributed by atoms with Crippen LogP contribution in [0, 0.1) is 6.92 Å². The number of aryl methyl sites for hydroxylation is 1. The molecule has 4 heteroatoms. The minimum atomic E-state index is 0.118. The molecule has 0 saturated carbocycles. The Morgan fingerprint density at radius 3 is 2.66 bits per heavy atom. The Hall–Kier alpha value is -2.46. The second kappa shape index (κ2) is 10.4. The average Bonchev–Trinajstić information content (AvgIpc) is 3.10. The van der Waals surface area contributed by atoms with Gasteiger partial charge in [-0.2, -0.15) is 11.8 Å². The van der Waals surface area contributed by atoms with Gasteiger partial charge in [0.15, 0.2) is 6.29 Å². The summed E-state index contributed by atoms with van der Waals surface area (Å²) in [6, 6.07) is 10.7. The number of carbonyl (C=O) groups excluding carboxylic acids is 1. The molecule has 1 fully saturated rings. The van der Waals surface area contributed by atoms with E-state index in [1.807, 2.05) is 30.0 Å². The lowest BCUT2D eigenvalue weighted by molar-refractivity contribution is 0.112. The highest BCUT2D eigenvalue weighted by molar-refractivity contribution is 7.99. The molecule has 1 saturated heterocycles. The average molecular weight is 407 g/mol. The van der Waals surface area contributed by atoms with Crippen LogP contribution in [0.1, 0.15) is 41.0 Å². The van der Waals surface area contributed by atoms with Crippen LogP contribution in [0.25, 0.3) is 5.69 Å². The van der Waals surface area contributed by atoms with Crippen molar-refractivity contribution in [1.82, 2.24) is 4.57 Å². The molecular formula is C25H30N2OS. The molecule has 0 amide bonds. The Morgan fingerprint density at radius 1 is 1.17 bits per heavy atom. The fraction of sp³-hybridized carbons (Fsp3) is 0.320. The maximum absolute atomic E-state index is 11.8. The molecular weight excluding hydrogens is 376 g/mol. The smallest absolute Gasteiger partial charge is 0.151 e. The van der Waals surface area contributed by atoms with Crippen molar-refractivity contribution in [2.24, 2.45) is 0 Å². The van der Waals surface area contributed by atoms with Gasteiger partial charge in [0, 0.05) is 58.8 Å². The van der Waals surface area contributed by atoms with Crippen molar-refractivity contribution in [3.63, 3.8) is 0 Å². The number of rotatable bonds is 8. The third-order valence-electron chi connectivity index (χ3n) is 5.23. The maximum Gasteiger partial charge on any atom is 0.151 e. The molecule has 0 N–H and O–H groups in total. The Balaban J connectivity index is 1.96. The first-order chi connectivity index (χ1) is 14.2. The summed E-state index contributed by atoms with van der Waals surface area (Å²) in [6.45, 7) is 10.1. The largest absolute Gasteiger partial charge is 0.370 e.